The Morgan fingerprint density at radius 1 is 1.37 bits per heavy atom. The fourth-order valence-electron chi connectivity index (χ4n) is 1.62. The highest BCUT2D eigenvalue weighted by atomic mass is 19.1. The van der Waals surface area contributed by atoms with E-state index in [4.69, 9.17) is 11.0 Å². The summed E-state index contributed by atoms with van der Waals surface area (Å²) < 4.78 is 13.4. The maximum Gasteiger partial charge on any atom is 0.295 e. The van der Waals surface area contributed by atoms with Crippen LogP contribution in [-0.2, 0) is 0 Å². The quantitative estimate of drug-likeness (QED) is 0.656. The van der Waals surface area contributed by atoms with Crippen LogP contribution in [0, 0.1) is 27.3 Å². The van der Waals surface area contributed by atoms with E-state index in [1.165, 1.54) is 18.2 Å². The molecule has 0 aliphatic heterocycles. The summed E-state index contributed by atoms with van der Waals surface area (Å²) >= 11 is 0. The first-order valence-electron chi connectivity index (χ1n) is 5.13. The Kier molecular flexibility index (Phi) is 3.08. The molecule has 1 aromatic heterocycles. The van der Waals surface area contributed by atoms with Crippen LogP contribution in [0.3, 0.4) is 0 Å². The molecule has 2 N–H and O–H groups in total. The Morgan fingerprint density at radius 2 is 2.11 bits per heavy atom. The van der Waals surface area contributed by atoms with Crippen molar-refractivity contribution in [1.29, 1.82) is 5.26 Å². The van der Waals surface area contributed by atoms with Gasteiger partial charge in [-0.15, -0.1) is 0 Å². The molecule has 0 atom stereocenters. The average Bonchev–Trinajstić information content (AvgIpc) is 2.37. The van der Waals surface area contributed by atoms with E-state index in [0.717, 1.165) is 12.1 Å². The number of hydrogen-bond acceptors (Lipinski definition) is 5. The van der Waals surface area contributed by atoms with Crippen molar-refractivity contribution in [2.45, 2.75) is 0 Å². The second-order valence-electron chi connectivity index (χ2n) is 3.70. The predicted octanol–water partition coefficient (Wildman–Crippen LogP) is 2.25. The minimum Gasteiger partial charge on any atom is -0.384 e. The summed E-state index contributed by atoms with van der Waals surface area (Å²) in [5.74, 6) is -0.601. The number of benzene rings is 1. The largest absolute Gasteiger partial charge is 0.384 e. The van der Waals surface area contributed by atoms with Crippen molar-refractivity contribution in [2.75, 3.05) is 5.73 Å². The highest BCUT2D eigenvalue weighted by molar-refractivity contribution is 5.72. The lowest BCUT2D eigenvalue weighted by atomic mass is 10.1. The molecule has 0 saturated carbocycles. The van der Waals surface area contributed by atoms with E-state index in [-0.39, 0.29) is 28.3 Å². The van der Waals surface area contributed by atoms with E-state index in [2.05, 4.69) is 4.98 Å². The van der Waals surface area contributed by atoms with Gasteiger partial charge >= 0.3 is 0 Å². The first kappa shape index (κ1) is 12.4. The average molecular weight is 258 g/mol. The van der Waals surface area contributed by atoms with E-state index in [1.54, 1.807) is 6.07 Å². The van der Waals surface area contributed by atoms with Crippen LogP contribution in [0.1, 0.15) is 5.56 Å². The van der Waals surface area contributed by atoms with Gasteiger partial charge in [-0.05, 0) is 24.3 Å². The van der Waals surface area contributed by atoms with Crippen LogP contribution in [0.25, 0.3) is 11.3 Å². The van der Waals surface area contributed by atoms with Crippen molar-refractivity contribution in [3.8, 4) is 17.3 Å². The molecule has 0 aliphatic carbocycles. The number of nitro groups is 1. The second-order valence-corrected chi connectivity index (χ2v) is 3.70. The Labute approximate surface area is 107 Å². The molecule has 1 aromatic carbocycles. The van der Waals surface area contributed by atoms with Gasteiger partial charge in [-0.3, -0.25) is 10.1 Å². The molecule has 94 valence electrons. The molecular weight excluding hydrogens is 251 g/mol. The van der Waals surface area contributed by atoms with E-state index >= 15 is 0 Å². The maximum absolute atomic E-state index is 13.4. The number of nitrogen functional groups attached to an aromatic ring is 1. The van der Waals surface area contributed by atoms with Gasteiger partial charge in [0.25, 0.3) is 5.69 Å². The Hall–Kier alpha value is -3.01. The molecule has 0 radical (unpaired) electrons. The van der Waals surface area contributed by atoms with Gasteiger partial charge < -0.3 is 5.73 Å². The Morgan fingerprint density at radius 3 is 2.74 bits per heavy atom. The number of hydrogen-bond donors (Lipinski definition) is 1. The summed E-state index contributed by atoms with van der Waals surface area (Å²) in [5.41, 5.74) is 5.29. The fourth-order valence-corrected chi connectivity index (χ4v) is 1.62. The van der Waals surface area contributed by atoms with Crippen molar-refractivity contribution in [2.24, 2.45) is 0 Å². The van der Waals surface area contributed by atoms with Crippen LogP contribution >= 0.6 is 0 Å². The molecule has 0 bridgehead atoms. The summed E-state index contributed by atoms with van der Waals surface area (Å²) in [4.78, 5) is 14.1. The molecule has 0 unspecified atom stereocenters. The van der Waals surface area contributed by atoms with Gasteiger partial charge in [0.1, 0.15) is 11.6 Å². The second kappa shape index (κ2) is 4.70. The minimum absolute atomic E-state index is 0.0496. The number of anilines is 1. The van der Waals surface area contributed by atoms with Crippen LogP contribution in [0.5, 0.6) is 0 Å². The zero-order chi connectivity index (χ0) is 14.0. The molecule has 0 saturated heterocycles. The molecule has 2 rings (SSSR count). The van der Waals surface area contributed by atoms with Crippen LogP contribution in [-0.4, -0.2) is 9.91 Å². The van der Waals surface area contributed by atoms with E-state index in [1.807, 2.05) is 0 Å². The molecule has 0 amide bonds. The Bertz CT molecular complexity index is 709. The van der Waals surface area contributed by atoms with Crippen LogP contribution in [0.15, 0.2) is 30.3 Å². The molecule has 0 fully saturated rings. The Balaban J connectivity index is 2.71. The van der Waals surface area contributed by atoms with Crippen molar-refractivity contribution < 1.29 is 9.31 Å². The predicted molar refractivity (Wildman–Crippen MR) is 65.4 cm³/mol. The molecule has 0 aliphatic rings. The summed E-state index contributed by atoms with van der Waals surface area (Å²) in [6.07, 6.45) is 0. The van der Waals surface area contributed by atoms with Gasteiger partial charge in [0.2, 0.25) is 0 Å². The lowest BCUT2D eigenvalue weighted by molar-refractivity contribution is -0.384. The molecule has 7 heteroatoms. The number of halogens is 1. The first-order valence-corrected chi connectivity index (χ1v) is 5.13. The molecule has 1 heterocycles. The van der Waals surface area contributed by atoms with Gasteiger partial charge in [-0.1, -0.05) is 0 Å². The number of nitrogens with zero attached hydrogens (tertiary/aromatic N) is 3. The summed E-state index contributed by atoms with van der Waals surface area (Å²) in [7, 11) is 0. The summed E-state index contributed by atoms with van der Waals surface area (Å²) in [6, 6.07) is 7.66. The third kappa shape index (κ3) is 2.47. The number of rotatable bonds is 2. The number of aromatic nitrogens is 1. The normalized spacial score (nSPS) is 9.89. The molecular formula is C12H7FN4O2. The molecule has 0 spiro atoms. The van der Waals surface area contributed by atoms with Gasteiger partial charge in [0, 0.05) is 11.6 Å². The fraction of sp³-hybridized carbons (Fsp3) is 0. The number of nitriles is 1. The minimum atomic E-state index is -0.674. The van der Waals surface area contributed by atoms with Gasteiger partial charge in [-0.2, -0.15) is 5.26 Å². The molecule has 19 heavy (non-hydrogen) atoms. The van der Waals surface area contributed by atoms with Gasteiger partial charge in [-0.25, -0.2) is 9.37 Å². The zero-order valence-corrected chi connectivity index (χ0v) is 9.50. The summed E-state index contributed by atoms with van der Waals surface area (Å²) in [6.45, 7) is 0. The summed E-state index contributed by atoms with van der Waals surface area (Å²) in [5, 5.41) is 19.7. The van der Waals surface area contributed by atoms with Gasteiger partial charge in [0.15, 0.2) is 5.69 Å². The standard InChI is InChI=1S/C12H7FN4O2/c13-9-4-7(6-14)3-8(5-9)12-10(17(18)19)1-2-11(15)16-12/h1-5H,(H2,15,16). The third-order valence-corrected chi connectivity index (χ3v) is 2.39. The maximum atomic E-state index is 13.4. The van der Waals surface area contributed by atoms with Crippen molar-refractivity contribution in [1.82, 2.24) is 4.98 Å². The van der Waals surface area contributed by atoms with Crippen LogP contribution in [0.2, 0.25) is 0 Å². The topological polar surface area (TPSA) is 106 Å². The van der Waals surface area contributed by atoms with Crippen molar-refractivity contribution in [3.63, 3.8) is 0 Å². The monoisotopic (exact) mass is 258 g/mol. The van der Waals surface area contributed by atoms with E-state index in [0.29, 0.717) is 0 Å². The van der Waals surface area contributed by atoms with Crippen molar-refractivity contribution >= 4 is 11.5 Å². The molecule has 6 nitrogen and oxygen atoms in total. The zero-order valence-electron chi connectivity index (χ0n) is 9.50. The number of pyridine rings is 1. The van der Waals surface area contributed by atoms with Gasteiger partial charge in [0.05, 0.1) is 16.6 Å². The first-order chi connectivity index (χ1) is 9.01. The highest BCUT2D eigenvalue weighted by Gasteiger charge is 2.18. The van der Waals surface area contributed by atoms with E-state index < -0.39 is 10.7 Å². The SMILES string of the molecule is N#Cc1cc(F)cc(-c2nc(N)ccc2[N+](=O)[O-])c1. The smallest absolute Gasteiger partial charge is 0.295 e. The third-order valence-electron chi connectivity index (χ3n) is 2.39. The van der Waals surface area contributed by atoms with Crippen LogP contribution in [0.4, 0.5) is 15.9 Å². The lowest BCUT2D eigenvalue weighted by Gasteiger charge is -2.04. The van der Waals surface area contributed by atoms with E-state index in [9.17, 15) is 14.5 Å². The molecule has 2 aromatic rings. The highest BCUT2D eigenvalue weighted by Crippen LogP contribution is 2.29. The van der Waals surface area contributed by atoms with Crippen LogP contribution < -0.4 is 5.73 Å². The number of nitrogens with two attached hydrogens (primary N) is 1. The lowest BCUT2D eigenvalue weighted by Crippen LogP contribution is -1.99. The van der Waals surface area contributed by atoms with Crippen molar-refractivity contribution in [3.05, 3.63) is 51.8 Å².